The predicted molar refractivity (Wildman–Crippen MR) is 70.8 cm³/mol. The standard InChI is InChI=1S/C12H15BrFNO3/c1-3-18-7-6-15(2)9-5-4-8(12(16)17)10(13)11(9)14/h4-5H,3,6-7H2,1-2H3,(H,16,17). The van der Waals surface area contributed by atoms with E-state index >= 15 is 0 Å². The van der Waals surface area contributed by atoms with Gasteiger partial charge in [-0.3, -0.25) is 0 Å². The Morgan fingerprint density at radius 2 is 2.22 bits per heavy atom. The fourth-order valence-electron chi connectivity index (χ4n) is 1.47. The number of carboxylic acid groups (broad SMARTS) is 1. The largest absolute Gasteiger partial charge is 0.478 e. The van der Waals surface area contributed by atoms with E-state index in [9.17, 15) is 9.18 Å². The van der Waals surface area contributed by atoms with Gasteiger partial charge in [0.1, 0.15) is 0 Å². The maximum atomic E-state index is 14.0. The predicted octanol–water partition coefficient (Wildman–Crippen LogP) is 2.76. The first-order valence-corrected chi connectivity index (χ1v) is 6.28. The lowest BCUT2D eigenvalue weighted by Gasteiger charge is -2.20. The van der Waals surface area contributed by atoms with Crippen LogP contribution in [0.4, 0.5) is 10.1 Å². The van der Waals surface area contributed by atoms with E-state index in [0.717, 1.165) is 0 Å². The van der Waals surface area contributed by atoms with Crippen molar-refractivity contribution in [3.05, 3.63) is 28.0 Å². The van der Waals surface area contributed by atoms with Crippen LogP contribution in [0.15, 0.2) is 16.6 Å². The molecule has 0 saturated carbocycles. The molecule has 0 aliphatic rings. The van der Waals surface area contributed by atoms with Crippen LogP contribution in [0.25, 0.3) is 0 Å². The highest BCUT2D eigenvalue weighted by Crippen LogP contribution is 2.28. The van der Waals surface area contributed by atoms with Crippen LogP contribution in [-0.4, -0.2) is 37.9 Å². The summed E-state index contributed by atoms with van der Waals surface area (Å²) in [5.74, 6) is -1.74. The molecule has 0 radical (unpaired) electrons. The van der Waals surface area contributed by atoms with Gasteiger partial charge in [0, 0.05) is 20.2 Å². The number of anilines is 1. The lowest BCUT2D eigenvalue weighted by atomic mass is 10.2. The molecule has 0 fully saturated rings. The molecule has 0 saturated heterocycles. The van der Waals surface area contributed by atoms with Crippen molar-refractivity contribution >= 4 is 27.6 Å². The zero-order valence-corrected chi connectivity index (χ0v) is 11.8. The minimum absolute atomic E-state index is 0.0317. The molecule has 1 aromatic carbocycles. The van der Waals surface area contributed by atoms with Crippen molar-refractivity contribution in [2.75, 3.05) is 31.7 Å². The van der Waals surface area contributed by atoms with Crippen LogP contribution >= 0.6 is 15.9 Å². The van der Waals surface area contributed by atoms with Crippen molar-refractivity contribution in [1.82, 2.24) is 0 Å². The number of aromatic carboxylic acids is 1. The van der Waals surface area contributed by atoms with Gasteiger partial charge < -0.3 is 14.7 Å². The molecule has 0 spiro atoms. The zero-order valence-electron chi connectivity index (χ0n) is 10.2. The van der Waals surface area contributed by atoms with Gasteiger partial charge in [-0.1, -0.05) is 0 Å². The summed E-state index contributed by atoms with van der Waals surface area (Å²) in [5, 5.41) is 8.86. The maximum absolute atomic E-state index is 14.0. The third-order valence-corrected chi connectivity index (χ3v) is 3.25. The highest BCUT2D eigenvalue weighted by Gasteiger charge is 2.17. The summed E-state index contributed by atoms with van der Waals surface area (Å²) in [6.07, 6.45) is 0. The van der Waals surface area contributed by atoms with Gasteiger partial charge in [-0.25, -0.2) is 9.18 Å². The average molecular weight is 320 g/mol. The van der Waals surface area contributed by atoms with E-state index in [1.54, 1.807) is 11.9 Å². The van der Waals surface area contributed by atoms with Crippen LogP contribution in [0.1, 0.15) is 17.3 Å². The van der Waals surface area contributed by atoms with Gasteiger partial charge in [0.15, 0.2) is 5.82 Å². The Morgan fingerprint density at radius 3 is 2.78 bits per heavy atom. The van der Waals surface area contributed by atoms with Crippen molar-refractivity contribution in [2.24, 2.45) is 0 Å². The van der Waals surface area contributed by atoms with Gasteiger partial charge in [-0.2, -0.15) is 0 Å². The van der Waals surface area contributed by atoms with Crippen LogP contribution in [0, 0.1) is 5.82 Å². The number of nitrogens with zero attached hydrogens (tertiary/aromatic N) is 1. The maximum Gasteiger partial charge on any atom is 0.336 e. The fraction of sp³-hybridized carbons (Fsp3) is 0.417. The second kappa shape index (κ2) is 6.70. The molecule has 1 aromatic rings. The SMILES string of the molecule is CCOCCN(C)c1ccc(C(=O)O)c(Br)c1F. The Labute approximate surface area is 113 Å². The van der Waals surface area contributed by atoms with E-state index in [1.807, 2.05) is 6.92 Å². The Bertz CT molecular complexity index is 440. The Morgan fingerprint density at radius 1 is 1.56 bits per heavy atom. The fourth-order valence-corrected chi connectivity index (χ4v) is 1.97. The summed E-state index contributed by atoms with van der Waals surface area (Å²) in [5.41, 5.74) is 0.251. The van der Waals surface area contributed by atoms with Crippen LogP contribution in [0.2, 0.25) is 0 Å². The van der Waals surface area contributed by atoms with E-state index in [4.69, 9.17) is 9.84 Å². The second-order valence-corrected chi connectivity index (χ2v) is 4.48. The molecule has 100 valence electrons. The molecule has 0 aliphatic carbocycles. The van der Waals surface area contributed by atoms with Gasteiger partial charge in [0.2, 0.25) is 0 Å². The summed E-state index contributed by atoms with van der Waals surface area (Å²) >= 11 is 2.97. The summed E-state index contributed by atoms with van der Waals surface area (Å²) in [6.45, 7) is 3.52. The smallest absolute Gasteiger partial charge is 0.336 e. The number of carboxylic acids is 1. The first-order valence-electron chi connectivity index (χ1n) is 5.49. The first-order chi connectivity index (χ1) is 8.49. The number of hydrogen-bond acceptors (Lipinski definition) is 3. The van der Waals surface area contributed by atoms with Gasteiger partial charge in [-0.15, -0.1) is 0 Å². The van der Waals surface area contributed by atoms with Crippen LogP contribution in [-0.2, 0) is 4.74 Å². The monoisotopic (exact) mass is 319 g/mol. The molecule has 0 aromatic heterocycles. The number of halogens is 2. The Hall–Kier alpha value is -1.14. The average Bonchev–Trinajstić information content (AvgIpc) is 2.32. The normalized spacial score (nSPS) is 10.4. The van der Waals surface area contributed by atoms with Crippen molar-refractivity contribution < 1.29 is 19.0 Å². The van der Waals surface area contributed by atoms with Gasteiger partial charge in [0.25, 0.3) is 0 Å². The van der Waals surface area contributed by atoms with Crippen LogP contribution < -0.4 is 4.90 Å². The van der Waals surface area contributed by atoms with Crippen molar-refractivity contribution in [3.63, 3.8) is 0 Å². The lowest BCUT2D eigenvalue weighted by molar-refractivity contribution is 0.0695. The summed E-state index contributed by atoms with van der Waals surface area (Å²) in [4.78, 5) is 12.5. The van der Waals surface area contributed by atoms with E-state index in [2.05, 4.69) is 15.9 Å². The summed E-state index contributed by atoms with van der Waals surface area (Å²) in [7, 11) is 1.73. The molecule has 1 N–H and O–H groups in total. The van der Waals surface area contributed by atoms with Crippen molar-refractivity contribution in [3.8, 4) is 0 Å². The number of ether oxygens (including phenoxy) is 1. The number of benzene rings is 1. The molecule has 4 nitrogen and oxygen atoms in total. The topological polar surface area (TPSA) is 49.8 Å². The number of rotatable bonds is 6. The molecule has 0 aliphatic heterocycles. The molecule has 0 bridgehead atoms. The summed E-state index contributed by atoms with van der Waals surface area (Å²) < 4.78 is 19.1. The Kier molecular flexibility index (Phi) is 5.55. The van der Waals surface area contributed by atoms with Crippen molar-refractivity contribution in [2.45, 2.75) is 6.92 Å². The molecular weight excluding hydrogens is 305 g/mol. The highest BCUT2D eigenvalue weighted by atomic mass is 79.9. The molecule has 18 heavy (non-hydrogen) atoms. The highest BCUT2D eigenvalue weighted by molar-refractivity contribution is 9.10. The van der Waals surface area contributed by atoms with E-state index in [-0.39, 0.29) is 10.0 Å². The third-order valence-electron chi connectivity index (χ3n) is 2.48. The minimum Gasteiger partial charge on any atom is -0.478 e. The minimum atomic E-state index is -1.16. The molecule has 0 amide bonds. The van der Waals surface area contributed by atoms with Gasteiger partial charge in [-0.05, 0) is 35.0 Å². The van der Waals surface area contributed by atoms with Gasteiger partial charge >= 0.3 is 5.97 Å². The molecule has 0 unspecified atom stereocenters. The molecule has 1 rings (SSSR count). The molecular formula is C12H15BrFNO3. The van der Waals surface area contributed by atoms with E-state index in [1.165, 1.54) is 12.1 Å². The molecule has 0 atom stereocenters. The van der Waals surface area contributed by atoms with Gasteiger partial charge in [0.05, 0.1) is 22.3 Å². The quantitative estimate of drug-likeness (QED) is 0.819. The first kappa shape index (κ1) is 14.9. The van der Waals surface area contributed by atoms with Crippen molar-refractivity contribution in [1.29, 1.82) is 0 Å². The summed E-state index contributed by atoms with van der Waals surface area (Å²) in [6, 6.07) is 2.83. The lowest BCUT2D eigenvalue weighted by Crippen LogP contribution is -2.24. The third kappa shape index (κ3) is 3.43. The van der Waals surface area contributed by atoms with E-state index < -0.39 is 11.8 Å². The number of hydrogen-bond donors (Lipinski definition) is 1. The number of likely N-dealkylation sites (N-methyl/N-ethyl adjacent to an activating group) is 1. The van der Waals surface area contributed by atoms with E-state index in [0.29, 0.717) is 25.4 Å². The second-order valence-electron chi connectivity index (χ2n) is 3.68. The number of carbonyl (C=O) groups is 1. The Balaban J connectivity index is 2.90. The molecule has 0 heterocycles. The van der Waals surface area contributed by atoms with Crippen LogP contribution in [0.3, 0.4) is 0 Å². The molecule has 6 heteroatoms. The zero-order chi connectivity index (χ0) is 13.7. The van der Waals surface area contributed by atoms with Crippen LogP contribution in [0.5, 0.6) is 0 Å².